The molecule has 1 aliphatic heterocycles. The SMILES string of the molecule is CC(=O)NCc1ccc(CNC(=O)c2n[nH]c3c2C[C@@H](C)O[C@H]3C)cc1. The maximum Gasteiger partial charge on any atom is 0.272 e. The Morgan fingerprint density at radius 3 is 2.38 bits per heavy atom. The molecule has 1 aromatic heterocycles. The number of nitrogens with zero attached hydrogens (tertiary/aromatic N) is 1. The van der Waals surface area contributed by atoms with Crippen molar-refractivity contribution >= 4 is 11.8 Å². The van der Waals surface area contributed by atoms with Crippen LogP contribution >= 0.6 is 0 Å². The van der Waals surface area contributed by atoms with Crippen molar-refractivity contribution in [3.8, 4) is 0 Å². The van der Waals surface area contributed by atoms with E-state index in [1.165, 1.54) is 6.92 Å². The van der Waals surface area contributed by atoms with Gasteiger partial charge in [-0.25, -0.2) is 0 Å². The van der Waals surface area contributed by atoms with Gasteiger partial charge in [0.15, 0.2) is 5.69 Å². The standard InChI is InChI=1S/C19H24N4O3/c1-11-8-16-17(12(2)26-11)22-23-18(16)19(25)21-10-15-6-4-14(5-7-15)9-20-13(3)24/h4-7,11-12H,8-10H2,1-3H3,(H,20,24)(H,21,25)(H,22,23)/t11-,12+/m1/s1. The lowest BCUT2D eigenvalue weighted by Crippen LogP contribution is -2.27. The molecule has 0 unspecified atom stereocenters. The lowest BCUT2D eigenvalue weighted by atomic mass is 9.99. The molecule has 2 heterocycles. The summed E-state index contributed by atoms with van der Waals surface area (Å²) in [6, 6.07) is 7.76. The van der Waals surface area contributed by atoms with E-state index in [4.69, 9.17) is 4.74 Å². The predicted octanol–water partition coefficient (Wildman–Crippen LogP) is 2.00. The molecule has 0 bridgehead atoms. The van der Waals surface area contributed by atoms with Gasteiger partial charge >= 0.3 is 0 Å². The van der Waals surface area contributed by atoms with Gasteiger partial charge in [-0.05, 0) is 25.0 Å². The second kappa shape index (κ2) is 7.70. The third-order valence-electron chi connectivity index (χ3n) is 4.47. The number of hydrogen-bond donors (Lipinski definition) is 3. The maximum atomic E-state index is 12.5. The normalized spacial score (nSPS) is 18.9. The number of carbonyl (C=O) groups is 2. The zero-order valence-electron chi connectivity index (χ0n) is 15.3. The number of H-pyrrole nitrogens is 1. The second-order valence-corrected chi connectivity index (χ2v) is 6.67. The molecule has 0 radical (unpaired) electrons. The molecule has 0 fully saturated rings. The largest absolute Gasteiger partial charge is 0.369 e. The minimum absolute atomic E-state index is 0.0577. The van der Waals surface area contributed by atoms with Crippen LogP contribution in [0.2, 0.25) is 0 Å². The molecule has 1 aromatic carbocycles. The van der Waals surface area contributed by atoms with Crippen LogP contribution in [-0.2, 0) is 29.0 Å². The van der Waals surface area contributed by atoms with E-state index >= 15 is 0 Å². The van der Waals surface area contributed by atoms with Gasteiger partial charge < -0.3 is 15.4 Å². The average Bonchev–Trinajstić information content (AvgIpc) is 3.03. The lowest BCUT2D eigenvalue weighted by Gasteiger charge is -2.25. The van der Waals surface area contributed by atoms with Crippen LogP contribution in [0, 0.1) is 0 Å². The van der Waals surface area contributed by atoms with E-state index in [0.717, 1.165) is 22.4 Å². The van der Waals surface area contributed by atoms with Gasteiger partial charge in [0.25, 0.3) is 5.91 Å². The molecule has 0 spiro atoms. The number of carbonyl (C=O) groups excluding carboxylic acids is 2. The number of rotatable bonds is 5. The van der Waals surface area contributed by atoms with Crippen LogP contribution in [0.25, 0.3) is 0 Å². The molecule has 0 saturated carbocycles. The fraction of sp³-hybridized carbons (Fsp3) is 0.421. The van der Waals surface area contributed by atoms with Crippen LogP contribution in [-0.4, -0.2) is 28.1 Å². The first-order chi connectivity index (χ1) is 12.4. The first-order valence-corrected chi connectivity index (χ1v) is 8.77. The van der Waals surface area contributed by atoms with E-state index in [1.807, 2.05) is 38.1 Å². The van der Waals surface area contributed by atoms with Gasteiger partial charge in [0.2, 0.25) is 5.91 Å². The Kier molecular flexibility index (Phi) is 5.37. The van der Waals surface area contributed by atoms with Crippen molar-refractivity contribution in [2.45, 2.75) is 52.5 Å². The van der Waals surface area contributed by atoms with E-state index in [9.17, 15) is 9.59 Å². The molecule has 2 amide bonds. The number of ether oxygens (including phenoxy) is 1. The Morgan fingerprint density at radius 2 is 1.77 bits per heavy atom. The first-order valence-electron chi connectivity index (χ1n) is 8.77. The van der Waals surface area contributed by atoms with E-state index in [-0.39, 0.29) is 24.0 Å². The Morgan fingerprint density at radius 1 is 1.15 bits per heavy atom. The van der Waals surface area contributed by atoms with Crippen LogP contribution in [0.1, 0.15) is 59.7 Å². The zero-order chi connectivity index (χ0) is 18.7. The van der Waals surface area contributed by atoms with Gasteiger partial charge in [0.05, 0.1) is 17.9 Å². The monoisotopic (exact) mass is 356 g/mol. The number of aromatic nitrogens is 2. The minimum Gasteiger partial charge on any atom is -0.369 e. The molecule has 1 aliphatic rings. The van der Waals surface area contributed by atoms with Gasteiger partial charge in [-0.15, -0.1) is 0 Å². The third-order valence-corrected chi connectivity index (χ3v) is 4.47. The van der Waals surface area contributed by atoms with E-state index in [0.29, 0.717) is 25.2 Å². The average molecular weight is 356 g/mol. The lowest BCUT2D eigenvalue weighted by molar-refractivity contribution is -0.119. The van der Waals surface area contributed by atoms with Gasteiger partial charge in [-0.3, -0.25) is 14.7 Å². The highest BCUT2D eigenvalue weighted by Gasteiger charge is 2.29. The minimum atomic E-state index is -0.189. The topological polar surface area (TPSA) is 96.1 Å². The van der Waals surface area contributed by atoms with Gasteiger partial charge in [0.1, 0.15) is 0 Å². The van der Waals surface area contributed by atoms with E-state index in [1.54, 1.807) is 0 Å². The summed E-state index contributed by atoms with van der Waals surface area (Å²) in [5, 5.41) is 12.8. The summed E-state index contributed by atoms with van der Waals surface area (Å²) in [6.45, 7) is 6.36. The summed E-state index contributed by atoms with van der Waals surface area (Å²) in [6.07, 6.45) is 0.660. The van der Waals surface area contributed by atoms with Crippen LogP contribution in [0.5, 0.6) is 0 Å². The Bertz CT molecular complexity index is 798. The van der Waals surface area contributed by atoms with Gasteiger partial charge in [0, 0.05) is 32.0 Å². The maximum absolute atomic E-state index is 12.5. The molecule has 3 N–H and O–H groups in total. The smallest absolute Gasteiger partial charge is 0.272 e. The molecule has 2 aromatic rings. The highest BCUT2D eigenvalue weighted by atomic mass is 16.5. The molecule has 2 atom stereocenters. The molecule has 7 nitrogen and oxygen atoms in total. The van der Waals surface area contributed by atoms with Crippen LogP contribution in [0.15, 0.2) is 24.3 Å². The summed E-state index contributed by atoms with van der Waals surface area (Å²) in [7, 11) is 0. The van der Waals surface area contributed by atoms with E-state index < -0.39 is 0 Å². The Balaban J connectivity index is 1.60. The number of amides is 2. The molecule has 26 heavy (non-hydrogen) atoms. The van der Waals surface area contributed by atoms with Crippen molar-refractivity contribution in [3.05, 3.63) is 52.3 Å². The number of fused-ring (bicyclic) bond motifs is 1. The molecular formula is C19H24N4O3. The number of benzene rings is 1. The highest BCUT2D eigenvalue weighted by Crippen LogP contribution is 2.30. The van der Waals surface area contributed by atoms with Crippen molar-refractivity contribution in [3.63, 3.8) is 0 Å². The second-order valence-electron chi connectivity index (χ2n) is 6.67. The summed E-state index contributed by atoms with van der Waals surface area (Å²) in [5.74, 6) is -0.246. The molecule has 3 rings (SSSR count). The number of nitrogens with one attached hydrogen (secondary N) is 3. The van der Waals surface area contributed by atoms with Crippen molar-refractivity contribution < 1.29 is 14.3 Å². The first kappa shape index (κ1) is 18.1. The van der Waals surface area contributed by atoms with Gasteiger partial charge in [-0.1, -0.05) is 24.3 Å². The van der Waals surface area contributed by atoms with Crippen LogP contribution in [0.4, 0.5) is 0 Å². The van der Waals surface area contributed by atoms with Crippen LogP contribution < -0.4 is 10.6 Å². The fourth-order valence-corrected chi connectivity index (χ4v) is 3.13. The van der Waals surface area contributed by atoms with Gasteiger partial charge in [-0.2, -0.15) is 5.10 Å². The van der Waals surface area contributed by atoms with E-state index in [2.05, 4.69) is 20.8 Å². The zero-order valence-corrected chi connectivity index (χ0v) is 15.3. The summed E-state index contributed by atoms with van der Waals surface area (Å²) >= 11 is 0. The quantitative estimate of drug-likeness (QED) is 0.763. The molecule has 138 valence electrons. The van der Waals surface area contributed by atoms with Crippen molar-refractivity contribution in [2.24, 2.45) is 0 Å². The molecular weight excluding hydrogens is 332 g/mol. The number of aromatic amines is 1. The fourth-order valence-electron chi connectivity index (χ4n) is 3.13. The summed E-state index contributed by atoms with van der Waals surface area (Å²) < 4.78 is 5.75. The summed E-state index contributed by atoms with van der Waals surface area (Å²) in [4.78, 5) is 23.5. The van der Waals surface area contributed by atoms with Crippen molar-refractivity contribution in [1.82, 2.24) is 20.8 Å². The molecule has 7 heteroatoms. The van der Waals surface area contributed by atoms with Crippen molar-refractivity contribution in [1.29, 1.82) is 0 Å². The Hall–Kier alpha value is -2.67. The van der Waals surface area contributed by atoms with Crippen molar-refractivity contribution in [2.75, 3.05) is 0 Å². The molecule has 0 aliphatic carbocycles. The summed E-state index contributed by atoms with van der Waals surface area (Å²) in [5.41, 5.74) is 4.28. The number of hydrogen-bond acceptors (Lipinski definition) is 4. The molecule has 0 saturated heterocycles. The highest BCUT2D eigenvalue weighted by molar-refractivity contribution is 5.94. The Labute approximate surface area is 152 Å². The van der Waals surface area contributed by atoms with Crippen LogP contribution in [0.3, 0.4) is 0 Å². The predicted molar refractivity (Wildman–Crippen MR) is 96.4 cm³/mol. The third kappa shape index (κ3) is 4.11.